The maximum absolute atomic E-state index is 13.3. The molecule has 0 radical (unpaired) electrons. The van der Waals surface area contributed by atoms with E-state index < -0.39 is 0 Å². The van der Waals surface area contributed by atoms with E-state index in [1.165, 1.54) is 47.9 Å². The van der Waals surface area contributed by atoms with Crippen LogP contribution in [0.25, 0.3) is 11.1 Å². The highest BCUT2D eigenvalue weighted by Gasteiger charge is 2.61. The van der Waals surface area contributed by atoms with Gasteiger partial charge < -0.3 is 19.8 Å². The molecule has 2 aromatic rings. The van der Waals surface area contributed by atoms with Gasteiger partial charge in [0.25, 0.3) is 0 Å². The first-order chi connectivity index (χ1) is 21.3. The standard InChI is InChI=1S/C38H50N2O4/c1-37-16-15-32-29(31(37)13-14-35(37)42)12-11-24-21-34(41)33(22-38(24,32)2)39-17-19-40(20-18-39)36(43)44-23-30-27-9-5-3-7-25(27)26-8-4-6-10-28(26)30/h3-10,24,29-35,41-42H,11-23H2,1-2H3/t24-,29-,31-,32-,33-,34-,35-,37-,38-/m0/s1. The molecule has 1 saturated heterocycles. The summed E-state index contributed by atoms with van der Waals surface area (Å²) < 4.78 is 5.98. The van der Waals surface area contributed by atoms with E-state index in [1.807, 2.05) is 4.90 Å². The minimum absolute atomic E-state index is 0.0724. The predicted molar refractivity (Wildman–Crippen MR) is 171 cm³/mol. The number of fused-ring (bicyclic) bond motifs is 8. The van der Waals surface area contributed by atoms with Gasteiger partial charge in [-0.1, -0.05) is 62.4 Å². The highest BCUT2D eigenvalue weighted by atomic mass is 16.6. The third-order valence-corrected chi connectivity index (χ3v) is 14.0. The van der Waals surface area contributed by atoms with Crippen molar-refractivity contribution in [1.82, 2.24) is 9.80 Å². The van der Waals surface area contributed by atoms with Gasteiger partial charge in [0.15, 0.2) is 0 Å². The zero-order valence-electron chi connectivity index (χ0n) is 26.5. The number of rotatable bonds is 3. The van der Waals surface area contributed by atoms with Crippen molar-refractivity contribution in [2.45, 2.75) is 89.4 Å². The first-order valence-electron chi connectivity index (χ1n) is 17.5. The summed E-state index contributed by atoms with van der Waals surface area (Å²) in [5.41, 5.74) is 5.31. The summed E-state index contributed by atoms with van der Waals surface area (Å²) >= 11 is 0. The topological polar surface area (TPSA) is 73.2 Å². The van der Waals surface area contributed by atoms with Gasteiger partial charge in [-0.2, -0.15) is 0 Å². The van der Waals surface area contributed by atoms with E-state index in [1.54, 1.807) is 0 Å². The third kappa shape index (κ3) is 4.41. The maximum atomic E-state index is 13.3. The minimum atomic E-state index is -0.298. The molecule has 0 unspecified atom stereocenters. The van der Waals surface area contributed by atoms with Gasteiger partial charge in [0.2, 0.25) is 0 Å². The first kappa shape index (κ1) is 29.0. The maximum Gasteiger partial charge on any atom is 0.409 e. The molecule has 2 N–H and O–H groups in total. The molecule has 6 aliphatic rings. The zero-order valence-corrected chi connectivity index (χ0v) is 26.5. The summed E-state index contributed by atoms with van der Waals surface area (Å²) in [6.45, 7) is 8.13. The second-order valence-electron chi connectivity index (χ2n) is 15.7. The number of amides is 1. The number of ether oxygens (including phenoxy) is 1. The monoisotopic (exact) mass is 598 g/mol. The molecule has 9 atom stereocenters. The molecule has 6 heteroatoms. The number of hydrogen-bond acceptors (Lipinski definition) is 5. The summed E-state index contributed by atoms with van der Waals surface area (Å²) in [6.07, 6.45) is 8.33. The predicted octanol–water partition coefficient (Wildman–Crippen LogP) is 6.30. The molecule has 0 aromatic heterocycles. The lowest BCUT2D eigenvalue weighted by Crippen LogP contribution is -2.62. The Balaban J connectivity index is 0.904. The Bertz CT molecular complexity index is 1360. The molecule has 1 heterocycles. The fourth-order valence-corrected chi connectivity index (χ4v) is 11.5. The van der Waals surface area contributed by atoms with Crippen molar-refractivity contribution in [1.29, 1.82) is 0 Å². The van der Waals surface area contributed by atoms with Crippen molar-refractivity contribution in [2.24, 2.45) is 34.5 Å². The molecule has 0 spiro atoms. The van der Waals surface area contributed by atoms with E-state index in [-0.39, 0.29) is 41.1 Å². The Labute approximate surface area is 262 Å². The Hall–Kier alpha value is -2.41. The zero-order chi connectivity index (χ0) is 30.2. The summed E-state index contributed by atoms with van der Waals surface area (Å²) in [6, 6.07) is 17.1. The van der Waals surface area contributed by atoms with Crippen molar-refractivity contribution in [3.8, 4) is 11.1 Å². The van der Waals surface area contributed by atoms with Gasteiger partial charge >= 0.3 is 6.09 Å². The second kappa shape index (κ2) is 10.8. The van der Waals surface area contributed by atoms with Gasteiger partial charge in [-0.15, -0.1) is 0 Å². The van der Waals surface area contributed by atoms with E-state index in [0.717, 1.165) is 38.8 Å². The minimum Gasteiger partial charge on any atom is -0.448 e. The van der Waals surface area contributed by atoms with Gasteiger partial charge in [0.1, 0.15) is 6.61 Å². The van der Waals surface area contributed by atoms with E-state index >= 15 is 0 Å². The summed E-state index contributed by atoms with van der Waals surface area (Å²) in [4.78, 5) is 17.6. The average molecular weight is 599 g/mol. The Morgan fingerprint density at radius 3 is 2.20 bits per heavy atom. The lowest BCUT2D eigenvalue weighted by atomic mass is 9.44. The highest BCUT2D eigenvalue weighted by Crippen LogP contribution is 2.66. The molecule has 8 rings (SSSR count). The van der Waals surface area contributed by atoms with Crippen molar-refractivity contribution < 1.29 is 19.7 Å². The molecule has 44 heavy (non-hydrogen) atoms. The molecule has 5 aliphatic carbocycles. The van der Waals surface area contributed by atoms with Crippen LogP contribution in [0.5, 0.6) is 0 Å². The molecule has 1 aliphatic heterocycles. The summed E-state index contributed by atoms with van der Waals surface area (Å²) in [7, 11) is 0. The van der Waals surface area contributed by atoms with Crippen molar-refractivity contribution in [2.75, 3.05) is 32.8 Å². The molecule has 2 aromatic carbocycles. The fraction of sp³-hybridized carbons (Fsp3) is 0.658. The number of piperazine rings is 1. The molecule has 236 valence electrons. The van der Waals surface area contributed by atoms with Crippen LogP contribution < -0.4 is 0 Å². The molecule has 6 nitrogen and oxygen atoms in total. The van der Waals surface area contributed by atoms with E-state index in [0.29, 0.717) is 43.4 Å². The van der Waals surface area contributed by atoms with Crippen LogP contribution in [0.1, 0.15) is 82.3 Å². The van der Waals surface area contributed by atoms with E-state index in [4.69, 9.17) is 4.74 Å². The molecule has 4 saturated carbocycles. The molecular weight excluding hydrogens is 548 g/mol. The van der Waals surface area contributed by atoms with Crippen LogP contribution >= 0.6 is 0 Å². The number of aliphatic hydroxyl groups is 2. The van der Waals surface area contributed by atoms with Gasteiger partial charge in [0.05, 0.1) is 12.2 Å². The number of carbonyl (C=O) groups is 1. The lowest BCUT2D eigenvalue weighted by molar-refractivity contribution is -0.154. The van der Waals surface area contributed by atoms with Gasteiger partial charge in [0, 0.05) is 38.1 Å². The number of carbonyl (C=O) groups excluding carboxylic acids is 1. The van der Waals surface area contributed by atoms with Crippen LogP contribution in [0.2, 0.25) is 0 Å². The van der Waals surface area contributed by atoms with E-state index in [9.17, 15) is 15.0 Å². The Morgan fingerprint density at radius 2 is 1.50 bits per heavy atom. The molecule has 1 amide bonds. The van der Waals surface area contributed by atoms with Crippen LogP contribution in [0.15, 0.2) is 48.5 Å². The van der Waals surface area contributed by atoms with Crippen LogP contribution in [0.3, 0.4) is 0 Å². The average Bonchev–Trinajstić information content (AvgIpc) is 3.53. The number of nitrogens with zero attached hydrogens (tertiary/aromatic N) is 2. The fourth-order valence-electron chi connectivity index (χ4n) is 11.5. The molecule has 0 bridgehead atoms. The van der Waals surface area contributed by atoms with Crippen molar-refractivity contribution in [3.63, 3.8) is 0 Å². The number of aliphatic hydroxyl groups excluding tert-OH is 2. The largest absolute Gasteiger partial charge is 0.448 e. The van der Waals surface area contributed by atoms with Crippen LogP contribution in [-0.2, 0) is 4.74 Å². The molecular formula is C38H50N2O4. The quantitative estimate of drug-likeness (QED) is 0.434. The smallest absolute Gasteiger partial charge is 0.409 e. The number of hydrogen-bond donors (Lipinski definition) is 2. The first-order valence-corrected chi connectivity index (χ1v) is 17.5. The van der Waals surface area contributed by atoms with Gasteiger partial charge in [-0.05, 0) is 108 Å². The van der Waals surface area contributed by atoms with Gasteiger partial charge in [-0.25, -0.2) is 4.79 Å². The van der Waals surface area contributed by atoms with Crippen LogP contribution in [0.4, 0.5) is 4.79 Å². The van der Waals surface area contributed by atoms with Crippen LogP contribution in [0, 0.1) is 34.5 Å². The normalized spacial score (nSPS) is 40.0. The third-order valence-electron chi connectivity index (χ3n) is 14.0. The highest BCUT2D eigenvalue weighted by molar-refractivity contribution is 5.79. The summed E-state index contributed by atoms with van der Waals surface area (Å²) in [5.74, 6) is 2.73. The van der Waals surface area contributed by atoms with Crippen LogP contribution in [-0.4, -0.2) is 77.1 Å². The van der Waals surface area contributed by atoms with E-state index in [2.05, 4.69) is 67.3 Å². The van der Waals surface area contributed by atoms with Crippen molar-refractivity contribution >= 4 is 6.09 Å². The molecule has 5 fully saturated rings. The SMILES string of the molecule is C[C@]12C[C@H](N3CCN(C(=O)OCC4c5ccccc5-c5ccccc54)CC3)[C@@H](O)C[C@@H]1CC[C@@H]1[C@@H]2CC[C@]2(C)[C@@H](O)CC[C@@H]12. The number of benzene rings is 2. The Kier molecular flexibility index (Phi) is 7.15. The second-order valence-corrected chi connectivity index (χ2v) is 15.7. The van der Waals surface area contributed by atoms with Gasteiger partial charge in [-0.3, -0.25) is 4.90 Å². The lowest BCUT2D eigenvalue weighted by Gasteiger charge is -2.62. The Morgan fingerprint density at radius 1 is 0.841 bits per heavy atom. The van der Waals surface area contributed by atoms with Crippen molar-refractivity contribution in [3.05, 3.63) is 59.7 Å². The summed E-state index contributed by atoms with van der Waals surface area (Å²) in [5, 5.41) is 22.3.